The lowest BCUT2D eigenvalue weighted by atomic mass is 10.3. The first kappa shape index (κ1) is 18.9. The standard InChI is InChI=1S/C18H12Cl3NO3S/c19-12-1-5-16(6-2-12)25-17-7-3-15(4-8-17)22-26(23,24)18-10-13(20)9-14(21)11-18/h1-11,22H. The largest absolute Gasteiger partial charge is 0.457 e. The summed E-state index contributed by atoms with van der Waals surface area (Å²) in [5.74, 6) is 1.18. The maximum Gasteiger partial charge on any atom is 0.261 e. The molecule has 4 nitrogen and oxygen atoms in total. The predicted molar refractivity (Wildman–Crippen MR) is 105 cm³/mol. The Kier molecular flexibility index (Phi) is 5.63. The average molecular weight is 429 g/mol. The highest BCUT2D eigenvalue weighted by Gasteiger charge is 2.16. The molecule has 0 aliphatic rings. The number of hydrogen-bond acceptors (Lipinski definition) is 3. The van der Waals surface area contributed by atoms with Crippen molar-refractivity contribution in [1.29, 1.82) is 0 Å². The Labute approximate surface area is 166 Å². The minimum Gasteiger partial charge on any atom is -0.457 e. The molecule has 0 radical (unpaired) electrons. The van der Waals surface area contributed by atoms with E-state index in [0.717, 1.165) is 0 Å². The number of benzene rings is 3. The predicted octanol–water partition coefficient (Wildman–Crippen LogP) is 6.24. The van der Waals surface area contributed by atoms with E-state index in [2.05, 4.69) is 4.72 Å². The van der Waals surface area contributed by atoms with Crippen LogP contribution in [0.25, 0.3) is 0 Å². The van der Waals surface area contributed by atoms with E-state index < -0.39 is 10.0 Å². The number of hydrogen-bond donors (Lipinski definition) is 1. The van der Waals surface area contributed by atoms with Crippen LogP contribution in [0.3, 0.4) is 0 Å². The van der Waals surface area contributed by atoms with Crippen LogP contribution in [0.2, 0.25) is 15.1 Å². The zero-order valence-electron chi connectivity index (χ0n) is 13.1. The molecule has 0 aliphatic carbocycles. The van der Waals surface area contributed by atoms with E-state index in [1.165, 1.54) is 18.2 Å². The molecule has 0 spiro atoms. The average Bonchev–Trinajstić information content (AvgIpc) is 2.58. The van der Waals surface area contributed by atoms with Crippen LogP contribution in [0, 0.1) is 0 Å². The minimum absolute atomic E-state index is 0.0171. The van der Waals surface area contributed by atoms with Crippen molar-refractivity contribution < 1.29 is 13.2 Å². The molecule has 0 fully saturated rings. The van der Waals surface area contributed by atoms with E-state index in [9.17, 15) is 8.42 Å². The first-order valence-electron chi connectivity index (χ1n) is 7.34. The third-order valence-electron chi connectivity index (χ3n) is 3.30. The quantitative estimate of drug-likeness (QED) is 0.523. The van der Waals surface area contributed by atoms with Gasteiger partial charge in [-0.15, -0.1) is 0 Å². The van der Waals surface area contributed by atoms with Gasteiger partial charge in [0.15, 0.2) is 0 Å². The van der Waals surface area contributed by atoms with E-state index in [1.54, 1.807) is 48.5 Å². The number of sulfonamides is 1. The Morgan fingerprint density at radius 3 is 1.73 bits per heavy atom. The summed E-state index contributed by atoms with van der Waals surface area (Å²) < 4.78 is 33.0. The molecule has 3 aromatic rings. The minimum atomic E-state index is -3.81. The molecule has 0 saturated carbocycles. The fraction of sp³-hybridized carbons (Fsp3) is 0. The van der Waals surface area contributed by atoms with Gasteiger partial charge in [-0.25, -0.2) is 8.42 Å². The lowest BCUT2D eigenvalue weighted by Crippen LogP contribution is -2.12. The summed E-state index contributed by atoms with van der Waals surface area (Å²) in [4.78, 5) is -0.0171. The van der Waals surface area contributed by atoms with Gasteiger partial charge in [-0.3, -0.25) is 4.72 Å². The van der Waals surface area contributed by atoms with Gasteiger partial charge >= 0.3 is 0 Å². The molecular formula is C18H12Cl3NO3S. The zero-order valence-corrected chi connectivity index (χ0v) is 16.2. The summed E-state index contributed by atoms with van der Waals surface area (Å²) >= 11 is 17.6. The van der Waals surface area contributed by atoms with Crippen LogP contribution in [-0.4, -0.2) is 8.42 Å². The second kappa shape index (κ2) is 7.76. The van der Waals surface area contributed by atoms with Gasteiger partial charge in [-0.2, -0.15) is 0 Å². The van der Waals surface area contributed by atoms with Crippen LogP contribution in [0.15, 0.2) is 71.6 Å². The number of halogens is 3. The molecule has 3 rings (SSSR count). The molecule has 8 heteroatoms. The van der Waals surface area contributed by atoms with E-state index in [0.29, 0.717) is 22.2 Å². The van der Waals surface area contributed by atoms with Crippen LogP contribution in [0.5, 0.6) is 11.5 Å². The second-order valence-electron chi connectivity index (χ2n) is 5.29. The summed E-state index contributed by atoms with van der Waals surface area (Å²) in [5, 5.41) is 1.09. The topological polar surface area (TPSA) is 55.4 Å². The molecular weight excluding hydrogens is 417 g/mol. The SMILES string of the molecule is O=S(=O)(Nc1ccc(Oc2ccc(Cl)cc2)cc1)c1cc(Cl)cc(Cl)c1. The molecule has 0 aromatic heterocycles. The van der Waals surface area contributed by atoms with Gasteiger partial charge in [-0.05, 0) is 66.7 Å². The summed E-state index contributed by atoms with van der Waals surface area (Å²) in [6.45, 7) is 0. The Morgan fingerprint density at radius 2 is 1.19 bits per heavy atom. The van der Waals surface area contributed by atoms with Crippen LogP contribution in [0.1, 0.15) is 0 Å². The van der Waals surface area contributed by atoms with Crippen LogP contribution < -0.4 is 9.46 Å². The van der Waals surface area contributed by atoms with Gasteiger partial charge in [0, 0.05) is 20.8 Å². The zero-order chi connectivity index (χ0) is 18.7. The van der Waals surface area contributed by atoms with Crippen molar-refractivity contribution in [2.75, 3.05) is 4.72 Å². The maximum atomic E-state index is 12.4. The molecule has 0 atom stereocenters. The van der Waals surface area contributed by atoms with E-state index in [1.807, 2.05) is 0 Å². The summed E-state index contributed by atoms with van der Waals surface area (Å²) in [7, 11) is -3.81. The van der Waals surface area contributed by atoms with Crippen molar-refractivity contribution in [3.8, 4) is 11.5 Å². The van der Waals surface area contributed by atoms with Gasteiger partial charge in [0.25, 0.3) is 10.0 Å². The lowest BCUT2D eigenvalue weighted by Gasteiger charge is -2.10. The van der Waals surface area contributed by atoms with Crippen LogP contribution in [-0.2, 0) is 10.0 Å². The fourth-order valence-electron chi connectivity index (χ4n) is 2.13. The summed E-state index contributed by atoms with van der Waals surface area (Å²) in [6, 6.07) is 17.5. The Bertz CT molecular complexity index is 1000. The highest BCUT2D eigenvalue weighted by Crippen LogP contribution is 2.27. The molecule has 3 aromatic carbocycles. The van der Waals surface area contributed by atoms with Crippen LogP contribution in [0.4, 0.5) is 5.69 Å². The normalized spacial score (nSPS) is 11.2. The van der Waals surface area contributed by atoms with Gasteiger partial charge in [0.05, 0.1) is 4.90 Å². The van der Waals surface area contributed by atoms with Gasteiger partial charge < -0.3 is 4.74 Å². The van der Waals surface area contributed by atoms with Gasteiger partial charge in [0.1, 0.15) is 11.5 Å². The van der Waals surface area contributed by atoms with Crippen LogP contribution >= 0.6 is 34.8 Å². The number of anilines is 1. The molecule has 1 N–H and O–H groups in total. The van der Waals surface area contributed by atoms with E-state index >= 15 is 0 Å². The molecule has 0 unspecified atom stereocenters. The molecule has 0 bridgehead atoms. The van der Waals surface area contributed by atoms with E-state index in [-0.39, 0.29) is 14.9 Å². The maximum absolute atomic E-state index is 12.4. The number of nitrogens with one attached hydrogen (secondary N) is 1. The highest BCUT2D eigenvalue weighted by atomic mass is 35.5. The molecule has 26 heavy (non-hydrogen) atoms. The molecule has 0 saturated heterocycles. The molecule has 0 heterocycles. The smallest absolute Gasteiger partial charge is 0.261 e. The summed E-state index contributed by atoms with van der Waals surface area (Å²) in [5.41, 5.74) is 0.379. The van der Waals surface area contributed by atoms with Gasteiger partial charge in [0.2, 0.25) is 0 Å². The second-order valence-corrected chi connectivity index (χ2v) is 8.28. The molecule has 0 aliphatic heterocycles. The molecule has 134 valence electrons. The Morgan fingerprint density at radius 1 is 0.692 bits per heavy atom. The molecule has 0 amide bonds. The number of rotatable bonds is 5. The summed E-state index contributed by atoms with van der Waals surface area (Å²) in [6.07, 6.45) is 0. The van der Waals surface area contributed by atoms with Crippen molar-refractivity contribution in [2.24, 2.45) is 0 Å². The van der Waals surface area contributed by atoms with Crippen molar-refractivity contribution in [3.05, 3.63) is 81.8 Å². The van der Waals surface area contributed by atoms with Crippen molar-refractivity contribution in [1.82, 2.24) is 0 Å². The first-order valence-corrected chi connectivity index (χ1v) is 9.96. The monoisotopic (exact) mass is 427 g/mol. The van der Waals surface area contributed by atoms with Crippen molar-refractivity contribution in [2.45, 2.75) is 4.90 Å². The van der Waals surface area contributed by atoms with Gasteiger partial charge in [-0.1, -0.05) is 34.8 Å². The number of ether oxygens (including phenoxy) is 1. The highest BCUT2D eigenvalue weighted by molar-refractivity contribution is 7.92. The third-order valence-corrected chi connectivity index (χ3v) is 5.35. The Hall–Kier alpha value is -1.92. The lowest BCUT2D eigenvalue weighted by molar-refractivity contribution is 0.483. The third kappa shape index (κ3) is 4.83. The van der Waals surface area contributed by atoms with Crippen molar-refractivity contribution >= 4 is 50.5 Å². The van der Waals surface area contributed by atoms with E-state index in [4.69, 9.17) is 39.5 Å². The first-order chi connectivity index (χ1) is 12.3. The van der Waals surface area contributed by atoms with Crippen molar-refractivity contribution in [3.63, 3.8) is 0 Å². The Balaban J connectivity index is 1.75. The fourth-order valence-corrected chi connectivity index (χ4v) is 4.04.